The topological polar surface area (TPSA) is 154 Å². The molecule has 1 unspecified atom stereocenters. The van der Waals surface area contributed by atoms with Crippen LogP contribution in [0.2, 0.25) is 0 Å². The third-order valence-corrected chi connectivity index (χ3v) is 7.11. The second kappa shape index (κ2) is 12.9. The maximum atomic E-state index is 13.2. The molecule has 0 radical (unpaired) electrons. The Morgan fingerprint density at radius 3 is 2.74 bits per heavy atom. The zero-order chi connectivity index (χ0) is 29.6. The molecule has 2 atom stereocenters. The summed E-state index contributed by atoms with van der Waals surface area (Å²) in [6, 6.07) is 18.7. The fourth-order valence-corrected chi connectivity index (χ4v) is 5.29. The minimum Gasteiger partial charge on any atom is -0.436 e. The van der Waals surface area contributed by atoms with Crippen LogP contribution < -0.4 is 21.9 Å². The highest BCUT2D eigenvalue weighted by Gasteiger charge is 2.35. The summed E-state index contributed by atoms with van der Waals surface area (Å²) in [5.74, 6) is 6.54. The summed E-state index contributed by atoms with van der Waals surface area (Å²) < 4.78 is 5.91. The number of oxazole rings is 1. The Bertz CT molecular complexity index is 1590. The van der Waals surface area contributed by atoms with Gasteiger partial charge >= 0.3 is 0 Å². The monoisotopic (exact) mass is 569 g/mol. The van der Waals surface area contributed by atoms with Crippen LogP contribution in [0.15, 0.2) is 76.3 Å². The van der Waals surface area contributed by atoms with Crippen LogP contribution in [-0.2, 0) is 4.79 Å². The number of carbonyl (C=O) groups excluding carboxylic acids is 2. The summed E-state index contributed by atoms with van der Waals surface area (Å²) in [6.07, 6.45) is 3.48. The number of likely N-dealkylation sites (tertiary alicyclic amines) is 1. The van der Waals surface area contributed by atoms with Crippen LogP contribution in [0.4, 0.5) is 5.69 Å². The molecule has 12 nitrogen and oxygen atoms in total. The van der Waals surface area contributed by atoms with Crippen molar-refractivity contribution in [3.05, 3.63) is 78.1 Å². The first-order valence-corrected chi connectivity index (χ1v) is 13.8. The molecular weight excluding hydrogens is 534 g/mol. The highest BCUT2D eigenvalue weighted by Crippen LogP contribution is 2.30. The van der Waals surface area contributed by atoms with E-state index in [0.717, 1.165) is 30.8 Å². The molecule has 2 amide bonds. The summed E-state index contributed by atoms with van der Waals surface area (Å²) in [4.78, 5) is 40.3. The number of fused-ring (bicyclic) bond motifs is 1. The predicted molar refractivity (Wildman–Crippen MR) is 161 cm³/mol. The van der Waals surface area contributed by atoms with E-state index in [-0.39, 0.29) is 29.6 Å². The second-order valence-electron chi connectivity index (χ2n) is 10.2. The highest BCUT2D eigenvalue weighted by molar-refractivity contribution is 5.94. The summed E-state index contributed by atoms with van der Waals surface area (Å²) >= 11 is 0. The molecule has 1 aliphatic rings. The Hall–Kier alpha value is -4.65. The van der Waals surface area contributed by atoms with Gasteiger partial charge in [0.05, 0.1) is 6.04 Å². The van der Waals surface area contributed by atoms with Crippen molar-refractivity contribution in [3.8, 4) is 11.5 Å². The van der Waals surface area contributed by atoms with Crippen molar-refractivity contribution in [2.24, 2.45) is 10.8 Å². The van der Waals surface area contributed by atoms with E-state index in [0.29, 0.717) is 34.8 Å². The average Bonchev–Trinajstić information content (AvgIpc) is 3.62. The number of hydrazine groups is 2. The van der Waals surface area contributed by atoms with Crippen molar-refractivity contribution >= 4 is 34.4 Å². The van der Waals surface area contributed by atoms with Crippen molar-refractivity contribution in [2.45, 2.75) is 31.8 Å². The quantitative estimate of drug-likeness (QED) is 0.103. The summed E-state index contributed by atoms with van der Waals surface area (Å²) in [5, 5.41) is 7.21. The Morgan fingerprint density at radius 1 is 1.19 bits per heavy atom. The molecule has 5 rings (SSSR count). The van der Waals surface area contributed by atoms with Gasteiger partial charge in [0.25, 0.3) is 5.91 Å². The number of benzene rings is 2. The zero-order valence-corrected chi connectivity index (χ0v) is 23.9. The number of carbonyl (C=O) groups is 2. The number of hydrogen-bond donors (Lipinski definition) is 4. The first-order valence-electron chi connectivity index (χ1n) is 13.8. The fourth-order valence-electron chi connectivity index (χ4n) is 5.29. The van der Waals surface area contributed by atoms with Crippen LogP contribution in [0.1, 0.15) is 41.9 Å². The third kappa shape index (κ3) is 6.62. The number of amidine groups is 1. The number of rotatable bonds is 9. The van der Waals surface area contributed by atoms with Crippen molar-refractivity contribution in [3.63, 3.8) is 0 Å². The Morgan fingerprint density at radius 2 is 2.00 bits per heavy atom. The lowest BCUT2D eigenvalue weighted by molar-refractivity contribution is -0.114. The van der Waals surface area contributed by atoms with Gasteiger partial charge in [0, 0.05) is 51.1 Å². The largest absolute Gasteiger partial charge is 0.436 e. The molecular formula is C30H35N9O3. The van der Waals surface area contributed by atoms with E-state index >= 15 is 0 Å². The molecule has 1 saturated heterocycles. The number of hydrogen-bond acceptors (Lipinski definition) is 9. The van der Waals surface area contributed by atoms with Gasteiger partial charge in [0.2, 0.25) is 11.8 Å². The second-order valence-corrected chi connectivity index (χ2v) is 10.2. The average molecular weight is 570 g/mol. The van der Waals surface area contributed by atoms with Gasteiger partial charge in [0.1, 0.15) is 17.0 Å². The number of aromatic nitrogens is 2. The van der Waals surface area contributed by atoms with Crippen LogP contribution in [0.5, 0.6) is 0 Å². The number of nitrogens with zero attached hydrogens (tertiary/aromatic N) is 5. The summed E-state index contributed by atoms with van der Waals surface area (Å²) in [6.45, 7) is 2.74. The lowest BCUT2D eigenvalue weighted by Crippen LogP contribution is -2.52. The van der Waals surface area contributed by atoms with E-state index < -0.39 is 0 Å². The van der Waals surface area contributed by atoms with Gasteiger partial charge in [-0.2, -0.15) is 5.12 Å². The van der Waals surface area contributed by atoms with Gasteiger partial charge in [-0.25, -0.2) is 4.98 Å². The minimum absolute atomic E-state index is 0.0822. The molecule has 1 fully saturated rings. The molecule has 0 aliphatic carbocycles. The molecule has 3 heterocycles. The molecule has 218 valence electrons. The molecule has 2 aromatic carbocycles. The predicted octanol–water partition coefficient (Wildman–Crippen LogP) is 3.12. The molecule has 4 aromatic rings. The molecule has 12 heteroatoms. The molecule has 2 aromatic heterocycles. The van der Waals surface area contributed by atoms with E-state index in [1.54, 1.807) is 50.6 Å². The first-order chi connectivity index (χ1) is 20.3. The highest BCUT2D eigenvalue weighted by atomic mass is 16.3. The van der Waals surface area contributed by atoms with Gasteiger partial charge in [-0.3, -0.25) is 35.7 Å². The summed E-state index contributed by atoms with van der Waals surface area (Å²) in [5.41, 5.74) is 6.92. The molecule has 42 heavy (non-hydrogen) atoms. The van der Waals surface area contributed by atoms with E-state index in [1.165, 1.54) is 12.0 Å². The van der Waals surface area contributed by atoms with Crippen LogP contribution in [-0.4, -0.2) is 70.9 Å². The standard InChI is InChI=1S/C30H35N9O3/c1-19(40)35-22-11-12-26-24(17-22)36-30(42-26)21-13-14-33-25(16-21)29(41)34-18-23-10-7-15-39(23)27(20-8-5-4-6-9-20)28(32-2)37-38(3)31/h4-6,8-9,11-14,16-17,23,27H,7,10,15,18,31H2,1-3H3,(H,32,37)(H,34,41)(H,35,40)/t23-,27?/m0/s1. The van der Waals surface area contributed by atoms with Gasteiger partial charge in [-0.1, -0.05) is 30.3 Å². The third-order valence-electron chi connectivity index (χ3n) is 7.11. The SMILES string of the molecule is CN=C(NN(C)N)C(c1ccccc1)N1CCC[C@H]1CNC(=O)c1cc(-c2nc3cc(NC(C)=O)ccc3o2)ccn1. The molecule has 0 spiro atoms. The first kappa shape index (κ1) is 28.9. The van der Waals surface area contributed by atoms with E-state index in [9.17, 15) is 9.59 Å². The normalized spacial score (nSPS) is 16.5. The molecule has 0 saturated carbocycles. The number of pyridine rings is 1. The number of amides is 2. The molecule has 0 bridgehead atoms. The Labute approximate surface area is 244 Å². The van der Waals surface area contributed by atoms with Crippen LogP contribution in [0, 0.1) is 0 Å². The Balaban J connectivity index is 1.31. The number of nitrogens with two attached hydrogens (primary N) is 1. The number of nitrogens with one attached hydrogen (secondary N) is 3. The van der Waals surface area contributed by atoms with Gasteiger partial charge in [-0.05, 0) is 55.3 Å². The molecule has 5 N–H and O–H groups in total. The van der Waals surface area contributed by atoms with Gasteiger partial charge in [0.15, 0.2) is 5.58 Å². The number of aliphatic imine (C=N–C) groups is 1. The zero-order valence-electron chi connectivity index (χ0n) is 23.9. The lowest BCUT2D eigenvalue weighted by atomic mass is 10.0. The van der Waals surface area contributed by atoms with E-state index in [1.807, 2.05) is 18.2 Å². The van der Waals surface area contributed by atoms with Crippen molar-refractivity contribution in [2.75, 3.05) is 32.5 Å². The lowest BCUT2D eigenvalue weighted by Gasteiger charge is -2.35. The Kier molecular flexibility index (Phi) is 8.86. The molecule has 1 aliphatic heterocycles. The van der Waals surface area contributed by atoms with Crippen molar-refractivity contribution in [1.29, 1.82) is 0 Å². The van der Waals surface area contributed by atoms with Gasteiger partial charge in [-0.15, -0.1) is 0 Å². The number of anilines is 1. The minimum atomic E-state index is -0.284. The van der Waals surface area contributed by atoms with Crippen molar-refractivity contribution in [1.82, 2.24) is 30.7 Å². The van der Waals surface area contributed by atoms with Crippen LogP contribution in [0.3, 0.4) is 0 Å². The smallest absolute Gasteiger partial charge is 0.269 e. The van der Waals surface area contributed by atoms with E-state index in [2.05, 4.69) is 48.1 Å². The maximum absolute atomic E-state index is 13.2. The van der Waals surface area contributed by atoms with Crippen LogP contribution in [0.25, 0.3) is 22.6 Å². The summed E-state index contributed by atoms with van der Waals surface area (Å²) in [7, 11) is 3.46. The van der Waals surface area contributed by atoms with Crippen LogP contribution >= 0.6 is 0 Å². The maximum Gasteiger partial charge on any atom is 0.269 e. The van der Waals surface area contributed by atoms with Crippen molar-refractivity contribution < 1.29 is 14.0 Å². The fraction of sp³-hybridized carbons (Fsp3) is 0.300. The van der Waals surface area contributed by atoms with Gasteiger partial charge < -0.3 is 15.1 Å². The van der Waals surface area contributed by atoms with E-state index in [4.69, 9.17) is 10.3 Å².